The maximum Gasteiger partial charge on any atom is 0.267 e. The smallest absolute Gasteiger partial charge is 0.267 e. The number of nitrogens with zero attached hydrogens (tertiary/aromatic N) is 1. The van der Waals surface area contributed by atoms with Crippen LogP contribution in [0.25, 0.3) is 11.3 Å². The molecule has 2 aromatic heterocycles. The molecule has 26 heavy (non-hydrogen) atoms. The third-order valence-electron chi connectivity index (χ3n) is 4.14. The first-order valence-electron chi connectivity index (χ1n) is 8.54. The summed E-state index contributed by atoms with van der Waals surface area (Å²) >= 11 is 3.04. The standard InChI is InChI=1S/C20H22N2O2S2/c1-5-6-15-11-17(25-12(15)2)19(23)22-20-21-18(13(3)26-20)14-7-9-16(24-4)10-8-14/h7-11H,5-6H2,1-4H3,(H,21,22,23). The maximum absolute atomic E-state index is 12.6. The highest BCUT2D eigenvalue weighted by Gasteiger charge is 2.16. The van der Waals surface area contributed by atoms with Crippen LogP contribution >= 0.6 is 22.7 Å². The summed E-state index contributed by atoms with van der Waals surface area (Å²) in [5, 5.41) is 3.57. The minimum absolute atomic E-state index is 0.0875. The molecule has 3 aromatic rings. The highest BCUT2D eigenvalue weighted by atomic mass is 32.1. The number of carbonyl (C=O) groups excluding carboxylic acids is 1. The number of hydrogen-bond donors (Lipinski definition) is 1. The summed E-state index contributed by atoms with van der Waals surface area (Å²) in [6.45, 7) is 6.24. The van der Waals surface area contributed by atoms with Gasteiger partial charge in [-0.25, -0.2) is 4.98 Å². The first kappa shape index (κ1) is 18.6. The van der Waals surface area contributed by atoms with Gasteiger partial charge in [-0.2, -0.15) is 0 Å². The van der Waals surface area contributed by atoms with Gasteiger partial charge in [0, 0.05) is 15.3 Å². The van der Waals surface area contributed by atoms with Crippen molar-refractivity contribution in [1.82, 2.24) is 4.98 Å². The number of aryl methyl sites for hydroxylation is 3. The second-order valence-electron chi connectivity index (χ2n) is 6.05. The number of thiazole rings is 1. The molecule has 0 atom stereocenters. The van der Waals surface area contributed by atoms with Crippen LogP contribution in [0.3, 0.4) is 0 Å². The summed E-state index contributed by atoms with van der Waals surface area (Å²) in [5.41, 5.74) is 3.16. The number of aromatic nitrogens is 1. The number of anilines is 1. The van der Waals surface area contributed by atoms with Crippen molar-refractivity contribution in [2.24, 2.45) is 0 Å². The first-order valence-corrected chi connectivity index (χ1v) is 10.2. The number of methoxy groups -OCH3 is 1. The number of amides is 1. The van der Waals surface area contributed by atoms with Crippen LogP contribution in [-0.4, -0.2) is 18.0 Å². The van der Waals surface area contributed by atoms with Crippen molar-refractivity contribution in [3.8, 4) is 17.0 Å². The van der Waals surface area contributed by atoms with Crippen LogP contribution < -0.4 is 10.1 Å². The molecule has 0 bridgehead atoms. The molecule has 0 saturated carbocycles. The third kappa shape index (κ3) is 3.97. The Bertz CT molecular complexity index is 911. The zero-order valence-electron chi connectivity index (χ0n) is 15.4. The number of hydrogen-bond acceptors (Lipinski definition) is 5. The highest BCUT2D eigenvalue weighted by molar-refractivity contribution is 7.16. The van der Waals surface area contributed by atoms with Gasteiger partial charge in [-0.15, -0.1) is 22.7 Å². The normalized spacial score (nSPS) is 10.8. The molecule has 0 radical (unpaired) electrons. The van der Waals surface area contributed by atoms with Crippen LogP contribution in [0, 0.1) is 13.8 Å². The summed E-state index contributed by atoms with van der Waals surface area (Å²) in [4.78, 5) is 20.2. The van der Waals surface area contributed by atoms with Crippen LogP contribution in [-0.2, 0) is 6.42 Å². The van der Waals surface area contributed by atoms with Gasteiger partial charge in [-0.1, -0.05) is 13.3 Å². The van der Waals surface area contributed by atoms with Gasteiger partial charge in [-0.05, 0) is 56.2 Å². The first-order chi connectivity index (χ1) is 12.5. The molecule has 0 unspecified atom stereocenters. The molecule has 0 saturated heterocycles. The van der Waals surface area contributed by atoms with Crippen LogP contribution in [0.1, 0.15) is 38.3 Å². The molecule has 0 aliphatic rings. The third-order valence-corrected chi connectivity index (χ3v) is 6.12. The van der Waals surface area contributed by atoms with E-state index in [-0.39, 0.29) is 5.91 Å². The number of carbonyl (C=O) groups is 1. The maximum atomic E-state index is 12.6. The lowest BCUT2D eigenvalue weighted by Crippen LogP contribution is -2.09. The van der Waals surface area contributed by atoms with Gasteiger partial charge in [0.05, 0.1) is 17.7 Å². The number of benzene rings is 1. The van der Waals surface area contributed by atoms with Crippen LogP contribution in [0.4, 0.5) is 5.13 Å². The Morgan fingerprint density at radius 3 is 2.54 bits per heavy atom. The zero-order chi connectivity index (χ0) is 18.7. The molecule has 136 valence electrons. The van der Waals surface area contributed by atoms with Crippen molar-refractivity contribution in [2.75, 3.05) is 12.4 Å². The second kappa shape index (κ2) is 8.01. The van der Waals surface area contributed by atoms with E-state index in [1.807, 2.05) is 37.3 Å². The van der Waals surface area contributed by atoms with Crippen LogP contribution in [0.2, 0.25) is 0 Å². The van der Waals surface area contributed by atoms with Gasteiger partial charge in [0.1, 0.15) is 5.75 Å². The Kier molecular flexibility index (Phi) is 5.74. The lowest BCUT2D eigenvalue weighted by Gasteiger charge is -2.02. The van der Waals surface area contributed by atoms with Crippen molar-refractivity contribution in [1.29, 1.82) is 0 Å². The van der Waals surface area contributed by atoms with Crippen LogP contribution in [0.15, 0.2) is 30.3 Å². The van der Waals surface area contributed by atoms with Crippen molar-refractivity contribution in [3.63, 3.8) is 0 Å². The average Bonchev–Trinajstić information content (AvgIpc) is 3.18. The molecule has 1 aromatic carbocycles. The van der Waals surface area contributed by atoms with E-state index in [0.29, 0.717) is 5.13 Å². The largest absolute Gasteiger partial charge is 0.497 e. The van der Waals surface area contributed by atoms with E-state index >= 15 is 0 Å². The van der Waals surface area contributed by atoms with Crippen molar-refractivity contribution in [3.05, 3.63) is 50.5 Å². The van der Waals surface area contributed by atoms with E-state index in [9.17, 15) is 4.79 Å². The van der Waals surface area contributed by atoms with Gasteiger partial charge in [0.2, 0.25) is 0 Å². The summed E-state index contributed by atoms with van der Waals surface area (Å²) in [6, 6.07) is 9.79. The Morgan fingerprint density at radius 2 is 1.88 bits per heavy atom. The van der Waals surface area contributed by atoms with Crippen molar-refractivity contribution in [2.45, 2.75) is 33.6 Å². The van der Waals surface area contributed by atoms with E-state index in [1.54, 1.807) is 18.4 Å². The monoisotopic (exact) mass is 386 g/mol. The van der Waals surface area contributed by atoms with Gasteiger partial charge >= 0.3 is 0 Å². The zero-order valence-corrected chi connectivity index (χ0v) is 17.0. The topological polar surface area (TPSA) is 51.2 Å². The molecule has 6 heteroatoms. The predicted octanol–water partition coefficient (Wildman–Crippen LogP) is 5.70. The van der Waals surface area contributed by atoms with E-state index in [2.05, 4.69) is 24.1 Å². The Morgan fingerprint density at radius 1 is 1.15 bits per heavy atom. The van der Waals surface area contributed by atoms with Crippen molar-refractivity contribution >= 4 is 33.7 Å². The minimum Gasteiger partial charge on any atom is -0.497 e. The quantitative estimate of drug-likeness (QED) is 0.591. The molecule has 1 amide bonds. The molecule has 0 spiro atoms. The average molecular weight is 387 g/mol. The van der Waals surface area contributed by atoms with Crippen molar-refractivity contribution < 1.29 is 9.53 Å². The van der Waals surface area contributed by atoms with E-state index in [4.69, 9.17) is 4.74 Å². The van der Waals surface area contributed by atoms with Gasteiger partial charge in [0.25, 0.3) is 5.91 Å². The van der Waals surface area contributed by atoms with Crippen LogP contribution in [0.5, 0.6) is 5.75 Å². The van der Waals surface area contributed by atoms with Gasteiger partial charge in [0.15, 0.2) is 5.13 Å². The minimum atomic E-state index is -0.0875. The molecular weight excluding hydrogens is 364 g/mol. The molecule has 2 heterocycles. The molecule has 4 nitrogen and oxygen atoms in total. The number of thiophene rings is 1. The summed E-state index contributed by atoms with van der Waals surface area (Å²) < 4.78 is 5.20. The Hall–Kier alpha value is -2.18. The van der Waals surface area contributed by atoms with Gasteiger partial charge in [-0.3, -0.25) is 10.1 Å². The fraction of sp³-hybridized carbons (Fsp3) is 0.300. The molecule has 0 aliphatic heterocycles. The van der Waals surface area contributed by atoms with E-state index in [1.165, 1.54) is 21.8 Å². The highest BCUT2D eigenvalue weighted by Crippen LogP contribution is 2.32. The fourth-order valence-corrected chi connectivity index (χ4v) is 4.57. The van der Waals surface area contributed by atoms with E-state index < -0.39 is 0 Å². The predicted molar refractivity (Wildman–Crippen MR) is 110 cm³/mol. The molecular formula is C20H22N2O2S2. The summed E-state index contributed by atoms with van der Waals surface area (Å²) in [6.07, 6.45) is 2.09. The molecule has 1 N–H and O–H groups in total. The summed E-state index contributed by atoms with van der Waals surface area (Å²) in [7, 11) is 1.65. The number of rotatable bonds is 6. The van der Waals surface area contributed by atoms with Gasteiger partial charge < -0.3 is 4.74 Å². The molecule has 3 rings (SSSR count). The lowest BCUT2D eigenvalue weighted by molar-refractivity contribution is 0.103. The second-order valence-corrected chi connectivity index (χ2v) is 8.51. The number of nitrogens with one attached hydrogen (secondary N) is 1. The lowest BCUT2D eigenvalue weighted by atomic mass is 10.1. The molecule has 0 fully saturated rings. The fourth-order valence-electron chi connectivity index (χ4n) is 2.77. The SMILES string of the molecule is CCCc1cc(C(=O)Nc2nc(-c3ccc(OC)cc3)c(C)s2)sc1C. The summed E-state index contributed by atoms with van der Waals surface area (Å²) in [5.74, 6) is 0.724. The van der Waals surface area contributed by atoms with E-state index in [0.717, 1.165) is 39.6 Å². The molecule has 0 aliphatic carbocycles. The number of ether oxygens (including phenoxy) is 1. The Labute approximate surface area is 161 Å². The Balaban J connectivity index is 1.78.